The first-order valence-corrected chi connectivity index (χ1v) is 13.3. The molecule has 0 saturated carbocycles. The molecule has 13 heteroatoms. The van der Waals surface area contributed by atoms with Crippen LogP contribution in [-0.2, 0) is 30.2 Å². The number of para-hydroxylation sites is 1. The molecule has 0 unspecified atom stereocenters. The number of rotatable bonds is 9. The lowest BCUT2D eigenvalue weighted by Gasteiger charge is -2.28. The average Bonchev–Trinajstić information content (AvgIpc) is 2.97. The van der Waals surface area contributed by atoms with Gasteiger partial charge in [-0.3, -0.25) is 14.4 Å². The summed E-state index contributed by atoms with van der Waals surface area (Å²) in [6.45, 7) is 0.213. The Bertz CT molecular complexity index is 1680. The monoisotopic (exact) mass is 622 g/mol. The first kappa shape index (κ1) is 32.2. The van der Waals surface area contributed by atoms with Gasteiger partial charge >= 0.3 is 12.4 Å². The van der Waals surface area contributed by atoms with E-state index in [2.05, 4.69) is 0 Å². The molecule has 0 radical (unpaired) electrons. The number of carbonyl (C=O) groups excluding carboxylic acids is 2. The van der Waals surface area contributed by atoms with Gasteiger partial charge in [-0.1, -0.05) is 31.2 Å². The fraction of sp³-hybridized carbons (Fsp3) is 0.258. The van der Waals surface area contributed by atoms with E-state index in [1.54, 1.807) is 25.1 Å². The third-order valence-electron chi connectivity index (χ3n) is 6.69. The van der Waals surface area contributed by atoms with Crippen LogP contribution in [0.2, 0.25) is 0 Å². The van der Waals surface area contributed by atoms with Gasteiger partial charge in [-0.2, -0.15) is 26.3 Å². The van der Waals surface area contributed by atoms with Crippen LogP contribution in [-0.4, -0.2) is 34.7 Å². The molecule has 4 rings (SSSR count). The van der Waals surface area contributed by atoms with E-state index in [1.165, 1.54) is 24.5 Å². The Kier molecular flexibility index (Phi) is 9.45. The number of hydrogen-bond donors (Lipinski definition) is 0. The zero-order valence-corrected chi connectivity index (χ0v) is 23.1. The van der Waals surface area contributed by atoms with Crippen molar-refractivity contribution in [3.05, 3.63) is 117 Å². The van der Waals surface area contributed by atoms with Crippen LogP contribution in [0.3, 0.4) is 0 Å². The number of benzene rings is 3. The van der Waals surface area contributed by atoms with Crippen LogP contribution in [0, 0.1) is 5.82 Å². The molecule has 0 atom stereocenters. The SMILES string of the molecule is CCCN(CC(=O)N(Cc1ccc(F)cc1)Cc1coc2ccccc2c1=O)C(=O)c1cc(C(F)(F)F)cc(C(F)(F)F)c1. The summed E-state index contributed by atoms with van der Waals surface area (Å²) in [6, 6.07) is 12.0. The van der Waals surface area contributed by atoms with E-state index in [9.17, 15) is 45.1 Å². The highest BCUT2D eigenvalue weighted by atomic mass is 19.4. The van der Waals surface area contributed by atoms with Crippen molar-refractivity contribution in [1.29, 1.82) is 0 Å². The molecule has 0 saturated heterocycles. The van der Waals surface area contributed by atoms with E-state index in [1.807, 2.05) is 0 Å². The van der Waals surface area contributed by atoms with Crippen LogP contribution < -0.4 is 5.43 Å². The van der Waals surface area contributed by atoms with Crippen molar-refractivity contribution in [2.75, 3.05) is 13.1 Å². The Morgan fingerprint density at radius 2 is 1.43 bits per heavy atom. The number of fused-ring (bicyclic) bond motifs is 1. The summed E-state index contributed by atoms with van der Waals surface area (Å²) in [5, 5.41) is 0.243. The molecule has 0 N–H and O–H groups in total. The van der Waals surface area contributed by atoms with E-state index in [4.69, 9.17) is 4.42 Å². The predicted molar refractivity (Wildman–Crippen MR) is 146 cm³/mol. The largest absolute Gasteiger partial charge is 0.464 e. The number of carbonyl (C=O) groups is 2. The minimum Gasteiger partial charge on any atom is -0.464 e. The summed E-state index contributed by atoms with van der Waals surface area (Å²) in [7, 11) is 0. The van der Waals surface area contributed by atoms with Crippen molar-refractivity contribution in [3.63, 3.8) is 0 Å². The first-order valence-electron chi connectivity index (χ1n) is 13.3. The Morgan fingerprint density at radius 1 is 0.818 bits per heavy atom. The molecule has 1 aromatic heterocycles. The molecule has 4 aromatic rings. The molecule has 1 heterocycles. The van der Waals surface area contributed by atoms with Crippen LogP contribution in [0.5, 0.6) is 0 Å². The normalized spacial score (nSPS) is 11.9. The van der Waals surface area contributed by atoms with E-state index < -0.39 is 58.6 Å². The van der Waals surface area contributed by atoms with Crippen molar-refractivity contribution in [2.24, 2.45) is 0 Å². The highest BCUT2D eigenvalue weighted by Crippen LogP contribution is 2.36. The summed E-state index contributed by atoms with van der Waals surface area (Å²) in [5.74, 6) is -2.53. The highest BCUT2D eigenvalue weighted by molar-refractivity contribution is 5.97. The first-order chi connectivity index (χ1) is 20.7. The molecule has 0 aliphatic rings. The molecule has 0 aliphatic heterocycles. The van der Waals surface area contributed by atoms with Crippen molar-refractivity contribution in [2.45, 2.75) is 38.8 Å². The lowest BCUT2D eigenvalue weighted by atomic mass is 10.0. The Balaban J connectivity index is 1.68. The van der Waals surface area contributed by atoms with Gasteiger partial charge in [0.2, 0.25) is 5.91 Å². The maximum atomic E-state index is 13.6. The summed E-state index contributed by atoms with van der Waals surface area (Å²) in [4.78, 5) is 42.1. The van der Waals surface area contributed by atoms with E-state index in [0.717, 1.165) is 21.9 Å². The van der Waals surface area contributed by atoms with Gasteiger partial charge in [-0.15, -0.1) is 0 Å². The van der Waals surface area contributed by atoms with E-state index >= 15 is 0 Å². The standard InChI is InChI=1S/C31H25F7N2O4/c1-2-11-39(29(43)20-12-22(30(33,34)35)14-23(13-20)31(36,37)38)17-27(41)40(15-19-7-9-24(32)10-8-19)16-21-18-44-26-6-4-3-5-25(26)28(21)42/h3-10,12-14,18H,2,11,15-17H2,1H3. The van der Waals surface area contributed by atoms with Crippen LogP contribution in [0.4, 0.5) is 30.7 Å². The maximum absolute atomic E-state index is 13.6. The molecule has 0 bridgehead atoms. The molecule has 232 valence electrons. The van der Waals surface area contributed by atoms with Gasteiger partial charge in [-0.25, -0.2) is 4.39 Å². The van der Waals surface area contributed by atoms with Crippen molar-refractivity contribution in [1.82, 2.24) is 9.80 Å². The van der Waals surface area contributed by atoms with Crippen LogP contribution in [0.1, 0.15) is 46.0 Å². The van der Waals surface area contributed by atoms with Crippen LogP contribution in [0.15, 0.2) is 82.2 Å². The molecule has 0 spiro atoms. The van der Waals surface area contributed by atoms with Gasteiger partial charge in [0.15, 0.2) is 5.43 Å². The second kappa shape index (κ2) is 12.9. The predicted octanol–water partition coefficient (Wildman–Crippen LogP) is 7.05. The van der Waals surface area contributed by atoms with Gasteiger partial charge < -0.3 is 14.2 Å². The van der Waals surface area contributed by atoms with Gasteiger partial charge in [0, 0.05) is 18.7 Å². The van der Waals surface area contributed by atoms with Gasteiger partial charge in [0.1, 0.15) is 17.9 Å². The Labute approximate surface area is 246 Å². The zero-order valence-electron chi connectivity index (χ0n) is 23.1. The Hall–Kier alpha value is -4.68. The fourth-order valence-corrected chi connectivity index (χ4v) is 4.52. The number of halogens is 7. The van der Waals surface area contributed by atoms with Crippen molar-refractivity contribution >= 4 is 22.8 Å². The van der Waals surface area contributed by atoms with E-state index in [-0.39, 0.29) is 43.1 Å². The van der Waals surface area contributed by atoms with Crippen LogP contribution in [0.25, 0.3) is 11.0 Å². The molecule has 6 nitrogen and oxygen atoms in total. The summed E-state index contributed by atoms with van der Waals surface area (Å²) in [5.41, 5.74) is -3.84. The quantitative estimate of drug-likeness (QED) is 0.188. The smallest absolute Gasteiger partial charge is 0.416 e. The third kappa shape index (κ3) is 7.63. The second-order valence-corrected chi connectivity index (χ2v) is 9.98. The Morgan fingerprint density at radius 3 is 2.02 bits per heavy atom. The summed E-state index contributed by atoms with van der Waals surface area (Å²) >= 11 is 0. The highest BCUT2D eigenvalue weighted by Gasteiger charge is 2.38. The zero-order chi connectivity index (χ0) is 32.2. The van der Waals surface area contributed by atoms with Crippen LogP contribution >= 0.6 is 0 Å². The van der Waals surface area contributed by atoms with E-state index in [0.29, 0.717) is 23.3 Å². The molecule has 44 heavy (non-hydrogen) atoms. The van der Waals surface area contributed by atoms with Crippen molar-refractivity contribution < 1.29 is 44.7 Å². The molecule has 0 aliphatic carbocycles. The number of nitrogens with zero attached hydrogens (tertiary/aromatic N) is 2. The summed E-state index contributed by atoms with van der Waals surface area (Å²) in [6.07, 6.45) is -8.95. The maximum Gasteiger partial charge on any atom is 0.416 e. The minimum absolute atomic E-state index is 0.0697. The lowest BCUT2D eigenvalue weighted by Crippen LogP contribution is -2.43. The molecular weight excluding hydrogens is 597 g/mol. The van der Waals surface area contributed by atoms with Crippen molar-refractivity contribution in [3.8, 4) is 0 Å². The van der Waals surface area contributed by atoms with Gasteiger partial charge in [-0.05, 0) is 54.4 Å². The molecule has 0 fully saturated rings. The van der Waals surface area contributed by atoms with Gasteiger partial charge in [0.25, 0.3) is 5.91 Å². The molecule has 3 aromatic carbocycles. The second-order valence-electron chi connectivity index (χ2n) is 9.98. The number of alkyl halides is 6. The van der Waals surface area contributed by atoms with Gasteiger partial charge in [0.05, 0.1) is 34.9 Å². The molecular formula is C31H25F7N2O4. The molecule has 2 amide bonds. The lowest BCUT2D eigenvalue weighted by molar-refractivity contribution is -0.143. The third-order valence-corrected chi connectivity index (χ3v) is 6.69. The topological polar surface area (TPSA) is 70.8 Å². The number of hydrogen-bond acceptors (Lipinski definition) is 4. The minimum atomic E-state index is -5.17. The fourth-order valence-electron chi connectivity index (χ4n) is 4.52. The average molecular weight is 623 g/mol. The number of amides is 2. The summed E-state index contributed by atoms with van der Waals surface area (Å²) < 4.78 is 99.6.